The molecule has 0 radical (unpaired) electrons. The molecule has 1 aliphatic heterocycles. The molecule has 0 bridgehead atoms. The van der Waals surface area contributed by atoms with E-state index in [1.165, 1.54) is 11.5 Å². The first-order chi connectivity index (χ1) is 11.9. The number of nitriles is 1. The summed E-state index contributed by atoms with van der Waals surface area (Å²) in [5.41, 5.74) is 4.38. The number of fused-ring (bicyclic) bond motifs is 3. The fourth-order valence-corrected chi connectivity index (χ4v) is 3.19. The summed E-state index contributed by atoms with van der Waals surface area (Å²) in [5, 5.41) is 10.1. The molecule has 1 aliphatic rings. The van der Waals surface area contributed by atoms with Crippen LogP contribution in [0.25, 0.3) is 10.9 Å². The maximum Gasteiger partial charge on any atom is 0.322 e. The normalized spacial score (nSPS) is 19.1. The highest BCUT2D eigenvalue weighted by Gasteiger charge is 2.50. The average molecular weight is 339 g/mol. The first kappa shape index (κ1) is 16.6. The van der Waals surface area contributed by atoms with Gasteiger partial charge < -0.3 is 19.8 Å². The lowest BCUT2D eigenvalue weighted by Gasteiger charge is -2.33. The number of benzene rings is 1. The van der Waals surface area contributed by atoms with E-state index in [0.29, 0.717) is 10.9 Å². The predicted molar refractivity (Wildman–Crippen MR) is 90.6 cm³/mol. The first-order valence-electron chi connectivity index (χ1n) is 7.75. The molecule has 1 aromatic carbocycles. The van der Waals surface area contributed by atoms with Crippen molar-refractivity contribution in [3.05, 3.63) is 51.6 Å². The summed E-state index contributed by atoms with van der Waals surface area (Å²) in [5.74, 6) is -0.735. The second-order valence-corrected chi connectivity index (χ2v) is 5.88. The van der Waals surface area contributed by atoms with Crippen molar-refractivity contribution in [2.45, 2.75) is 19.3 Å². The number of esters is 1. The molecule has 1 atom stereocenters. The van der Waals surface area contributed by atoms with E-state index in [1.54, 1.807) is 38.2 Å². The first-order valence-corrected chi connectivity index (χ1v) is 7.75. The van der Waals surface area contributed by atoms with Crippen molar-refractivity contribution in [2.24, 2.45) is 12.8 Å². The van der Waals surface area contributed by atoms with E-state index in [-0.39, 0.29) is 29.4 Å². The molecule has 0 fully saturated rings. The van der Waals surface area contributed by atoms with Crippen LogP contribution in [0.5, 0.6) is 5.75 Å². The van der Waals surface area contributed by atoms with Crippen molar-refractivity contribution >= 4 is 16.9 Å². The van der Waals surface area contributed by atoms with Crippen molar-refractivity contribution in [3.63, 3.8) is 0 Å². The van der Waals surface area contributed by atoms with Crippen LogP contribution in [0.15, 0.2) is 40.5 Å². The number of carbonyl (C=O) groups is 1. The van der Waals surface area contributed by atoms with Crippen LogP contribution in [0.1, 0.15) is 19.4 Å². The van der Waals surface area contributed by atoms with Gasteiger partial charge in [0, 0.05) is 12.4 Å². The number of aromatic nitrogens is 1. The predicted octanol–water partition coefficient (Wildman–Crippen LogP) is 1.45. The summed E-state index contributed by atoms with van der Waals surface area (Å²) in [6.07, 6.45) is 0. The van der Waals surface area contributed by atoms with Crippen LogP contribution in [-0.4, -0.2) is 17.1 Å². The van der Waals surface area contributed by atoms with E-state index in [2.05, 4.69) is 0 Å². The van der Waals surface area contributed by atoms with Crippen LogP contribution in [0.2, 0.25) is 0 Å². The molecule has 0 amide bonds. The van der Waals surface area contributed by atoms with Crippen LogP contribution >= 0.6 is 0 Å². The zero-order chi connectivity index (χ0) is 18.4. The van der Waals surface area contributed by atoms with Gasteiger partial charge in [-0.1, -0.05) is 12.1 Å². The number of hydrogen-bond acceptors (Lipinski definition) is 6. The minimum Gasteiger partial charge on any atom is -0.465 e. The summed E-state index contributed by atoms with van der Waals surface area (Å²) in [7, 11) is 1.60. The minimum atomic E-state index is -1.64. The molecule has 0 aliphatic carbocycles. The highest BCUT2D eigenvalue weighted by molar-refractivity contribution is 5.95. The van der Waals surface area contributed by atoms with Gasteiger partial charge in [-0.3, -0.25) is 9.59 Å². The van der Waals surface area contributed by atoms with Gasteiger partial charge >= 0.3 is 5.97 Å². The molecule has 0 saturated heterocycles. The fourth-order valence-electron chi connectivity index (χ4n) is 3.19. The molecule has 7 heteroatoms. The molecule has 0 saturated carbocycles. The van der Waals surface area contributed by atoms with E-state index in [9.17, 15) is 14.9 Å². The summed E-state index contributed by atoms with van der Waals surface area (Å²) in [4.78, 5) is 25.8. The summed E-state index contributed by atoms with van der Waals surface area (Å²) >= 11 is 0. The number of para-hydroxylation sites is 1. The Morgan fingerprint density at radius 3 is 2.76 bits per heavy atom. The maximum absolute atomic E-state index is 13.0. The van der Waals surface area contributed by atoms with E-state index >= 15 is 0 Å². The quantitative estimate of drug-likeness (QED) is 0.830. The van der Waals surface area contributed by atoms with E-state index in [1.807, 2.05) is 6.07 Å². The molecule has 2 heterocycles. The van der Waals surface area contributed by atoms with Crippen molar-refractivity contribution < 1.29 is 14.3 Å². The smallest absolute Gasteiger partial charge is 0.322 e. The Hall–Kier alpha value is -3.27. The molecule has 3 rings (SSSR count). The second-order valence-electron chi connectivity index (χ2n) is 5.88. The van der Waals surface area contributed by atoms with Gasteiger partial charge in [0.25, 0.3) is 5.56 Å². The van der Waals surface area contributed by atoms with Crippen LogP contribution in [-0.2, 0) is 22.0 Å². The van der Waals surface area contributed by atoms with Gasteiger partial charge in [0.2, 0.25) is 5.88 Å². The number of pyridine rings is 1. The SMILES string of the molecule is CCOC(=O)C1(C)C(C#N)=C(N)Oc2c1c(=O)n(C)c1ccccc21. The number of carbonyl (C=O) groups excluding carboxylic acids is 1. The van der Waals surface area contributed by atoms with E-state index in [4.69, 9.17) is 15.2 Å². The molecule has 1 aromatic heterocycles. The Morgan fingerprint density at radius 2 is 2.12 bits per heavy atom. The lowest BCUT2D eigenvalue weighted by molar-refractivity contribution is -0.148. The zero-order valence-corrected chi connectivity index (χ0v) is 14.1. The zero-order valence-electron chi connectivity index (χ0n) is 14.1. The molecular weight excluding hydrogens is 322 g/mol. The summed E-state index contributed by atoms with van der Waals surface area (Å²) < 4.78 is 12.2. The van der Waals surface area contributed by atoms with Gasteiger partial charge in [-0.15, -0.1) is 0 Å². The molecule has 1 unspecified atom stereocenters. The Kier molecular flexibility index (Phi) is 3.76. The van der Waals surface area contributed by atoms with Crippen LogP contribution < -0.4 is 16.0 Å². The second kappa shape index (κ2) is 5.67. The van der Waals surface area contributed by atoms with E-state index in [0.717, 1.165) is 0 Å². The Labute approximate surface area is 143 Å². The van der Waals surface area contributed by atoms with Gasteiger partial charge in [-0.2, -0.15) is 5.26 Å². The highest BCUT2D eigenvalue weighted by atomic mass is 16.5. The summed E-state index contributed by atoms with van der Waals surface area (Å²) in [6, 6.07) is 9.02. The maximum atomic E-state index is 13.0. The monoisotopic (exact) mass is 339 g/mol. The van der Waals surface area contributed by atoms with Gasteiger partial charge in [-0.25, -0.2) is 0 Å². The third kappa shape index (κ3) is 2.11. The number of nitrogens with two attached hydrogens (primary N) is 1. The van der Waals surface area contributed by atoms with E-state index < -0.39 is 16.9 Å². The molecule has 2 aromatic rings. The van der Waals surface area contributed by atoms with Gasteiger partial charge in [0.15, 0.2) is 0 Å². The van der Waals surface area contributed by atoms with Crippen LogP contribution in [0.4, 0.5) is 0 Å². The Balaban J connectivity index is 2.50. The van der Waals surface area contributed by atoms with Crippen molar-refractivity contribution in [2.75, 3.05) is 6.61 Å². The number of hydrogen-bond donors (Lipinski definition) is 1. The molecule has 7 nitrogen and oxygen atoms in total. The minimum absolute atomic E-state index is 0.0536. The van der Waals surface area contributed by atoms with Crippen LogP contribution in [0.3, 0.4) is 0 Å². The van der Waals surface area contributed by atoms with Crippen molar-refractivity contribution in [1.29, 1.82) is 5.26 Å². The lowest BCUT2D eigenvalue weighted by Crippen LogP contribution is -2.46. The molecule has 0 spiro atoms. The standard InChI is InChI=1S/C18H17N3O4/c1-4-24-17(23)18(2)11(9-19)15(20)25-14-10-7-5-6-8-12(10)21(3)16(22)13(14)18/h5-8H,4,20H2,1-3H3. The Bertz CT molecular complexity index is 1030. The fraction of sp³-hybridized carbons (Fsp3) is 0.278. The van der Waals surface area contributed by atoms with Gasteiger partial charge in [-0.05, 0) is 26.0 Å². The third-order valence-corrected chi connectivity index (χ3v) is 4.51. The number of rotatable bonds is 2. The molecular formula is C18H17N3O4. The Morgan fingerprint density at radius 1 is 1.44 bits per heavy atom. The van der Waals surface area contributed by atoms with Crippen LogP contribution in [0, 0.1) is 11.3 Å². The van der Waals surface area contributed by atoms with Crippen molar-refractivity contribution in [3.8, 4) is 11.8 Å². The van der Waals surface area contributed by atoms with Gasteiger partial charge in [0.1, 0.15) is 22.8 Å². The average Bonchev–Trinajstić information content (AvgIpc) is 2.59. The highest BCUT2D eigenvalue weighted by Crippen LogP contribution is 2.44. The topological polar surface area (TPSA) is 107 Å². The van der Waals surface area contributed by atoms with Crippen molar-refractivity contribution in [1.82, 2.24) is 4.57 Å². The third-order valence-electron chi connectivity index (χ3n) is 4.51. The molecule has 2 N–H and O–H groups in total. The number of nitrogens with zero attached hydrogens (tertiary/aromatic N) is 2. The molecule has 128 valence electrons. The molecule has 25 heavy (non-hydrogen) atoms. The number of ether oxygens (including phenoxy) is 2. The van der Waals surface area contributed by atoms with Gasteiger partial charge in [0.05, 0.1) is 17.7 Å². The largest absolute Gasteiger partial charge is 0.465 e. The number of aryl methyl sites for hydroxylation is 1. The summed E-state index contributed by atoms with van der Waals surface area (Å²) in [6.45, 7) is 3.23. The lowest BCUT2D eigenvalue weighted by atomic mass is 9.74.